The highest BCUT2D eigenvalue weighted by Gasteiger charge is 2.30. The molecule has 3 heterocycles. The van der Waals surface area contributed by atoms with Gasteiger partial charge in [0.2, 0.25) is 0 Å². The summed E-state index contributed by atoms with van der Waals surface area (Å²) in [5.41, 5.74) is 3.86. The van der Waals surface area contributed by atoms with Crippen molar-refractivity contribution in [1.82, 2.24) is 20.3 Å². The molecule has 0 radical (unpaired) electrons. The Morgan fingerprint density at radius 1 is 1.18 bits per heavy atom. The first-order valence-electron chi connectivity index (χ1n) is 7.40. The zero-order chi connectivity index (χ0) is 14.9. The van der Waals surface area contributed by atoms with Gasteiger partial charge in [0.15, 0.2) is 5.65 Å². The maximum atomic E-state index is 9.24. The van der Waals surface area contributed by atoms with Gasteiger partial charge in [0.05, 0.1) is 11.6 Å². The molecule has 1 aliphatic heterocycles. The standard InChI is InChI=1S/C17H15N5/c18-10-14-13(7-8-19-14)16-21-15-12(6-9-20-17(15)22-16)11-4-2-1-3-5-11/h1-6,9,13-14,19H,7-8H2,(H,20,21,22). The second kappa shape index (κ2) is 5.24. The highest BCUT2D eigenvalue weighted by Crippen LogP contribution is 2.30. The molecule has 0 aliphatic carbocycles. The fraction of sp³-hybridized carbons (Fsp3) is 0.235. The van der Waals surface area contributed by atoms with Crippen molar-refractivity contribution in [3.8, 4) is 17.2 Å². The normalized spacial score (nSPS) is 21.0. The third kappa shape index (κ3) is 2.05. The molecule has 1 aromatic carbocycles. The largest absolute Gasteiger partial charge is 0.340 e. The fourth-order valence-corrected chi connectivity index (χ4v) is 3.10. The molecule has 0 spiro atoms. The van der Waals surface area contributed by atoms with E-state index in [9.17, 15) is 5.26 Å². The van der Waals surface area contributed by atoms with Crippen LogP contribution in [0.3, 0.4) is 0 Å². The first-order valence-corrected chi connectivity index (χ1v) is 7.40. The van der Waals surface area contributed by atoms with E-state index in [2.05, 4.69) is 38.5 Å². The van der Waals surface area contributed by atoms with Crippen LogP contribution in [0.1, 0.15) is 18.2 Å². The predicted molar refractivity (Wildman–Crippen MR) is 84.1 cm³/mol. The lowest BCUT2D eigenvalue weighted by Crippen LogP contribution is -2.24. The monoisotopic (exact) mass is 289 g/mol. The second-order valence-electron chi connectivity index (χ2n) is 5.50. The lowest BCUT2D eigenvalue weighted by molar-refractivity contribution is 0.631. The van der Waals surface area contributed by atoms with Gasteiger partial charge in [-0.3, -0.25) is 0 Å². The SMILES string of the molecule is N#CC1NCCC1c1nc2nccc(-c3ccccc3)c2[nH]1. The Bertz CT molecular complexity index is 846. The van der Waals surface area contributed by atoms with Crippen molar-refractivity contribution in [2.24, 2.45) is 0 Å². The number of nitrogens with zero attached hydrogens (tertiary/aromatic N) is 3. The molecule has 108 valence electrons. The topological polar surface area (TPSA) is 77.4 Å². The Balaban J connectivity index is 1.83. The van der Waals surface area contributed by atoms with Gasteiger partial charge < -0.3 is 10.3 Å². The first-order chi connectivity index (χ1) is 10.9. The molecule has 2 N–H and O–H groups in total. The van der Waals surface area contributed by atoms with Crippen molar-refractivity contribution in [3.05, 3.63) is 48.4 Å². The zero-order valence-corrected chi connectivity index (χ0v) is 12.0. The Morgan fingerprint density at radius 2 is 2.05 bits per heavy atom. The van der Waals surface area contributed by atoms with E-state index in [1.54, 1.807) is 6.20 Å². The van der Waals surface area contributed by atoms with Gasteiger partial charge >= 0.3 is 0 Å². The third-order valence-electron chi connectivity index (χ3n) is 4.21. The molecule has 1 fully saturated rings. The van der Waals surface area contributed by atoms with Crippen LogP contribution in [0.25, 0.3) is 22.3 Å². The summed E-state index contributed by atoms with van der Waals surface area (Å²) in [5.74, 6) is 0.949. The number of rotatable bonds is 2. The van der Waals surface area contributed by atoms with Crippen LogP contribution in [0.4, 0.5) is 0 Å². The number of hydrogen-bond acceptors (Lipinski definition) is 4. The molecular formula is C17H15N5. The molecule has 2 unspecified atom stereocenters. The predicted octanol–water partition coefficient (Wildman–Crippen LogP) is 2.59. The average molecular weight is 289 g/mol. The molecule has 4 rings (SSSR count). The Kier molecular flexibility index (Phi) is 3.10. The highest BCUT2D eigenvalue weighted by molar-refractivity contribution is 5.89. The Labute approximate surface area is 128 Å². The summed E-state index contributed by atoms with van der Waals surface area (Å²) in [5, 5.41) is 12.4. The number of benzene rings is 1. The number of aromatic nitrogens is 3. The Hall–Kier alpha value is -2.71. The number of hydrogen-bond donors (Lipinski definition) is 2. The number of pyridine rings is 1. The van der Waals surface area contributed by atoms with Gasteiger partial charge in [-0.1, -0.05) is 30.3 Å². The van der Waals surface area contributed by atoms with Crippen LogP contribution < -0.4 is 5.32 Å². The summed E-state index contributed by atoms with van der Waals surface area (Å²) in [6.45, 7) is 0.846. The minimum absolute atomic E-state index is 0.0998. The smallest absolute Gasteiger partial charge is 0.178 e. The van der Waals surface area contributed by atoms with Crippen LogP contribution in [0, 0.1) is 11.3 Å². The molecule has 2 aromatic heterocycles. The summed E-state index contributed by atoms with van der Waals surface area (Å²) >= 11 is 0. The highest BCUT2D eigenvalue weighted by atomic mass is 15.0. The van der Waals surface area contributed by atoms with Crippen LogP contribution in [0.5, 0.6) is 0 Å². The van der Waals surface area contributed by atoms with Crippen molar-refractivity contribution in [1.29, 1.82) is 5.26 Å². The lowest BCUT2D eigenvalue weighted by atomic mass is 10.0. The van der Waals surface area contributed by atoms with Crippen LogP contribution in [0.2, 0.25) is 0 Å². The molecule has 2 atom stereocenters. The van der Waals surface area contributed by atoms with Crippen LogP contribution in [-0.4, -0.2) is 27.5 Å². The summed E-state index contributed by atoms with van der Waals surface area (Å²) in [4.78, 5) is 12.4. The maximum Gasteiger partial charge on any atom is 0.178 e. The Morgan fingerprint density at radius 3 is 2.86 bits per heavy atom. The van der Waals surface area contributed by atoms with Crippen molar-refractivity contribution in [2.75, 3.05) is 6.54 Å². The van der Waals surface area contributed by atoms with Crippen molar-refractivity contribution < 1.29 is 0 Å². The molecule has 5 nitrogen and oxygen atoms in total. The first kappa shape index (κ1) is 13.0. The molecule has 22 heavy (non-hydrogen) atoms. The van der Waals surface area contributed by atoms with Crippen LogP contribution >= 0.6 is 0 Å². The van der Waals surface area contributed by atoms with Crippen molar-refractivity contribution in [2.45, 2.75) is 18.4 Å². The molecule has 3 aromatic rings. The quantitative estimate of drug-likeness (QED) is 0.760. The fourth-order valence-electron chi connectivity index (χ4n) is 3.10. The van der Waals surface area contributed by atoms with E-state index >= 15 is 0 Å². The van der Waals surface area contributed by atoms with E-state index in [1.165, 1.54) is 0 Å². The van der Waals surface area contributed by atoms with Gasteiger partial charge in [0, 0.05) is 17.7 Å². The molecule has 1 saturated heterocycles. The van der Waals surface area contributed by atoms with E-state index in [1.807, 2.05) is 24.3 Å². The summed E-state index contributed by atoms with van der Waals surface area (Å²) in [7, 11) is 0. The number of nitriles is 1. The number of imidazole rings is 1. The number of H-pyrrole nitrogens is 1. The lowest BCUT2D eigenvalue weighted by Gasteiger charge is -2.08. The zero-order valence-electron chi connectivity index (χ0n) is 12.0. The van der Waals surface area contributed by atoms with Gasteiger partial charge in [-0.25, -0.2) is 9.97 Å². The van der Waals surface area contributed by atoms with Gasteiger partial charge in [0.1, 0.15) is 11.9 Å². The molecule has 0 amide bonds. The third-order valence-corrected chi connectivity index (χ3v) is 4.21. The van der Waals surface area contributed by atoms with Gasteiger partial charge in [-0.15, -0.1) is 0 Å². The van der Waals surface area contributed by atoms with E-state index < -0.39 is 0 Å². The van der Waals surface area contributed by atoms with Crippen LogP contribution in [-0.2, 0) is 0 Å². The molecule has 0 saturated carbocycles. The van der Waals surface area contributed by atoms with Crippen molar-refractivity contribution in [3.63, 3.8) is 0 Å². The summed E-state index contributed by atoms with van der Waals surface area (Å²) in [6.07, 6.45) is 2.70. The minimum Gasteiger partial charge on any atom is -0.340 e. The van der Waals surface area contributed by atoms with Crippen molar-refractivity contribution >= 4 is 11.2 Å². The van der Waals surface area contributed by atoms with Gasteiger partial charge in [-0.05, 0) is 24.6 Å². The number of aromatic amines is 1. The van der Waals surface area contributed by atoms with E-state index in [4.69, 9.17) is 0 Å². The maximum absolute atomic E-state index is 9.24. The molecule has 5 heteroatoms. The van der Waals surface area contributed by atoms with Crippen LogP contribution in [0.15, 0.2) is 42.6 Å². The van der Waals surface area contributed by atoms with Gasteiger partial charge in [0.25, 0.3) is 0 Å². The second-order valence-corrected chi connectivity index (χ2v) is 5.50. The van der Waals surface area contributed by atoms with E-state index in [-0.39, 0.29) is 12.0 Å². The molecule has 1 aliphatic rings. The average Bonchev–Trinajstić information content (AvgIpc) is 3.21. The number of nitrogens with one attached hydrogen (secondary N) is 2. The molecular weight excluding hydrogens is 274 g/mol. The summed E-state index contributed by atoms with van der Waals surface area (Å²) in [6, 6.07) is 14.3. The van der Waals surface area contributed by atoms with Gasteiger partial charge in [-0.2, -0.15) is 5.26 Å². The number of fused-ring (bicyclic) bond motifs is 1. The minimum atomic E-state index is -0.180. The van der Waals surface area contributed by atoms with E-state index in [0.717, 1.165) is 35.4 Å². The summed E-state index contributed by atoms with van der Waals surface area (Å²) < 4.78 is 0. The van der Waals surface area contributed by atoms with E-state index in [0.29, 0.717) is 5.65 Å². The molecule has 0 bridgehead atoms.